The Labute approximate surface area is 124 Å². The van der Waals surface area contributed by atoms with E-state index < -0.39 is 11.5 Å². The number of para-hydroxylation sites is 2. The van der Waals surface area contributed by atoms with Crippen LogP contribution >= 0.6 is 0 Å². The van der Waals surface area contributed by atoms with Gasteiger partial charge in [0.2, 0.25) is 0 Å². The Balaban J connectivity index is 1.81. The highest BCUT2D eigenvalue weighted by Gasteiger charge is 2.39. The zero-order valence-electron chi connectivity index (χ0n) is 12.3. The number of aryl methyl sites for hydroxylation is 1. The van der Waals surface area contributed by atoms with Crippen molar-refractivity contribution >= 4 is 17.0 Å². The number of carboxylic acids is 1. The molecular formula is C16H21N3O2. The van der Waals surface area contributed by atoms with Crippen LogP contribution < -0.4 is 5.32 Å². The number of nitrogens with one attached hydrogen (secondary N) is 1. The summed E-state index contributed by atoms with van der Waals surface area (Å²) in [7, 11) is 1.97. The number of carbonyl (C=O) groups is 1. The van der Waals surface area contributed by atoms with E-state index in [4.69, 9.17) is 0 Å². The fourth-order valence-corrected chi connectivity index (χ4v) is 3.22. The summed E-state index contributed by atoms with van der Waals surface area (Å²) in [5, 5.41) is 12.9. The average molecular weight is 287 g/mol. The lowest BCUT2D eigenvalue weighted by molar-refractivity contribution is -0.146. The molecule has 0 aliphatic heterocycles. The number of hydrogen-bond acceptors (Lipinski definition) is 3. The van der Waals surface area contributed by atoms with Gasteiger partial charge >= 0.3 is 5.97 Å². The van der Waals surface area contributed by atoms with Crippen molar-refractivity contribution in [1.82, 2.24) is 14.9 Å². The Hall–Kier alpha value is -1.88. The van der Waals surface area contributed by atoms with Crippen LogP contribution in [0.4, 0.5) is 0 Å². The minimum absolute atomic E-state index is 0.484. The summed E-state index contributed by atoms with van der Waals surface area (Å²) in [6, 6.07) is 7.96. The van der Waals surface area contributed by atoms with Gasteiger partial charge in [-0.2, -0.15) is 0 Å². The average Bonchev–Trinajstić information content (AvgIpc) is 2.83. The Kier molecular flexibility index (Phi) is 3.68. The topological polar surface area (TPSA) is 67.2 Å². The smallest absolute Gasteiger partial charge is 0.323 e. The first-order valence-electron chi connectivity index (χ1n) is 7.51. The second-order valence-electron chi connectivity index (χ2n) is 5.88. The lowest BCUT2D eigenvalue weighted by Crippen LogP contribution is -2.53. The Morgan fingerprint density at radius 1 is 1.33 bits per heavy atom. The van der Waals surface area contributed by atoms with E-state index in [0.29, 0.717) is 19.4 Å². The Morgan fingerprint density at radius 2 is 2.05 bits per heavy atom. The monoisotopic (exact) mass is 287 g/mol. The molecule has 5 nitrogen and oxygen atoms in total. The van der Waals surface area contributed by atoms with E-state index in [-0.39, 0.29) is 0 Å². The second kappa shape index (κ2) is 5.48. The fraction of sp³-hybridized carbons (Fsp3) is 0.500. The molecule has 0 atom stereocenters. The predicted octanol–water partition coefficient (Wildman–Crippen LogP) is 2.45. The van der Waals surface area contributed by atoms with E-state index in [2.05, 4.69) is 10.3 Å². The van der Waals surface area contributed by atoms with Crippen LogP contribution in [0.3, 0.4) is 0 Å². The summed E-state index contributed by atoms with van der Waals surface area (Å²) >= 11 is 0. The standard InChI is InChI=1S/C16H21N3O2/c1-19-13-8-4-3-7-12(13)18-14(19)11-17-16(15(20)21)9-5-2-6-10-16/h3-4,7-8,17H,2,5-6,9-11H2,1H3,(H,20,21). The zero-order valence-corrected chi connectivity index (χ0v) is 12.3. The number of imidazole rings is 1. The van der Waals surface area contributed by atoms with E-state index in [1.807, 2.05) is 35.9 Å². The third kappa shape index (κ3) is 2.53. The van der Waals surface area contributed by atoms with Crippen LogP contribution in [-0.2, 0) is 18.4 Å². The van der Waals surface area contributed by atoms with Gasteiger partial charge in [-0.3, -0.25) is 10.1 Å². The molecule has 0 unspecified atom stereocenters. The maximum atomic E-state index is 11.7. The number of nitrogens with zero attached hydrogens (tertiary/aromatic N) is 2. The van der Waals surface area contributed by atoms with Gasteiger partial charge in [0, 0.05) is 7.05 Å². The summed E-state index contributed by atoms with van der Waals surface area (Å²) < 4.78 is 2.03. The summed E-state index contributed by atoms with van der Waals surface area (Å²) in [5.41, 5.74) is 1.24. The first-order chi connectivity index (χ1) is 10.1. The Bertz CT molecular complexity index is 657. The van der Waals surface area contributed by atoms with Gasteiger partial charge < -0.3 is 9.67 Å². The molecule has 2 aromatic rings. The number of benzene rings is 1. The Morgan fingerprint density at radius 3 is 2.71 bits per heavy atom. The van der Waals surface area contributed by atoms with Crippen molar-refractivity contribution < 1.29 is 9.90 Å². The van der Waals surface area contributed by atoms with E-state index in [9.17, 15) is 9.90 Å². The number of aromatic nitrogens is 2. The number of fused-ring (bicyclic) bond motifs is 1. The number of aliphatic carboxylic acids is 1. The molecule has 1 saturated carbocycles. The lowest BCUT2D eigenvalue weighted by Gasteiger charge is -2.34. The van der Waals surface area contributed by atoms with Crippen molar-refractivity contribution in [2.75, 3.05) is 0 Å². The molecule has 3 rings (SSSR count). The molecule has 21 heavy (non-hydrogen) atoms. The number of hydrogen-bond donors (Lipinski definition) is 2. The summed E-state index contributed by atoms with van der Waals surface area (Å²) in [5.74, 6) is 0.142. The summed E-state index contributed by atoms with van der Waals surface area (Å²) in [6.45, 7) is 0.484. The van der Waals surface area contributed by atoms with Gasteiger partial charge in [-0.15, -0.1) is 0 Å². The van der Waals surface area contributed by atoms with Crippen LogP contribution in [0.5, 0.6) is 0 Å². The van der Waals surface area contributed by atoms with Gasteiger partial charge in [0.15, 0.2) is 0 Å². The minimum atomic E-state index is -0.781. The van der Waals surface area contributed by atoms with Crippen LogP contribution in [0.25, 0.3) is 11.0 Å². The van der Waals surface area contributed by atoms with Gasteiger partial charge in [0.1, 0.15) is 11.4 Å². The second-order valence-corrected chi connectivity index (χ2v) is 5.88. The molecule has 1 aromatic carbocycles. The molecule has 112 valence electrons. The molecule has 1 aliphatic carbocycles. The molecule has 1 heterocycles. The highest BCUT2D eigenvalue weighted by Crippen LogP contribution is 2.29. The van der Waals surface area contributed by atoms with E-state index in [1.165, 1.54) is 0 Å². The first-order valence-corrected chi connectivity index (χ1v) is 7.51. The van der Waals surface area contributed by atoms with E-state index in [1.54, 1.807) is 0 Å². The predicted molar refractivity (Wildman–Crippen MR) is 81.0 cm³/mol. The fourth-order valence-electron chi connectivity index (χ4n) is 3.22. The molecule has 1 aromatic heterocycles. The molecule has 0 radical (unpaired) electrons. The van der Waals surface area contributed by atoms with Crippen LogP contribution in [0, 0.1) is 0 Å². The molecule has 1 fully saturated rings. The van der Waals surface area contributed by atoms with E-state index >= 15 is 0 Å². The van der Waals surface area contributed by atoms with Gasteiger partial charge in [0.05, 0.1) is 17.6 Å². The highest BCUT2D eigenvalue weighted by molar-refractivity contribution is 5.79. The van der Waals surface area contributed by atoms with Crippen molar-refractivity contribution in [2.45, 2.75) is 44.2 Å². The SMILES string of the molecule is Cn1c(CNC2(C(=O)O)CCCCC2)nc2ccccc21. The molecule has 2 N–H and O–H groups in total. The molecule has 0 spiro atoms. The van der Waals surface area contributed by atoms with Crippen LogP contribution in [0.2, 0.25) is 0 Å². The first kappa shape index (κ1) is 14.1. The zero-order chi connectivity index (χ0) is 14.9. The van der Waals surface area contributed by atoms with Gasteiger partial charge in [-0.1, -0.05) is 31.4 Å². The van der Waals surface area contributed by atoms with Crippen molar-refractivity contribution in [3.8, 4) is 0 Å². The molecular weight excluding hydrogens is 266 g/mol. The molecule has 0 amide bonds. The largest absolute Gasteiger partial charge is 0.480 e. The lowest BCUT2D eigenvalue weighted by atomic mass is 9.81. The highest BCUT2D eigenvalue weighted by atomic mass is 16.4. The van der Waals surface area contributed by atoms with Crippen LogP contribution in [0.1, 0.15) is 37.9 Å². The van der Waals surface area contributed by atoms with Crippen molar-refractivity contribution in [1.29, 1.82) is 0 Å². The third-order valence-corrected chi connectivity index (χ3v) is 4.58. The van der Waals surface area contributed by atoms with Gasteiger partial charge in [-0.25, -0.2) is 4.98 Å². The van der Waals surface area contributed by atoms with Crippen molar-refractivity contribution in [3.63, 3.8) is 0 Å². The number of carboxylic acid groups (broad SMARTS) is 1. The molecule has 0 bridgehead atoms. The third-order valence-electron chi connectivity index (χ3n) is 4.58. The maximum Gasteiger partial charge on any atom is 0.323 e. The quantitative estimate of drug-likeness (QED) is 0.906. The van der Waals surface area contributed by atoms with Crippen molar-refractivity contribution in [2.24, 2.45) is 7.05 Å². The number of rotatable bonds is 4. The van der Waals surface area contributed by atoms with E-state index in [0.717, 1.165) is 36.1 Å². The van der Waals surface area contributed by atoms with Gasteiger partial charge in [0.25, 0.3) is 0 Å². The molecule has 1 aliphatic rings. The van der Waals surface area contributed by atoms with Gasteiger partial charge in [-0.05, 0) is 25.0 Å². The maximum absolute atomic E-state index is 11.7. The van der Waals surface area contributed by atoms with Crippen molar-refractivity contribution in [3.05, 3.63) is 30.1 Å². The summed E-state index contributed by atoms with van der Waals surface area (Å²) in [6.07, 6.45) is 4.48. The van der Waals surface area contributed by atoms with Crippen LogP contribution in [0.15, 0.2) is 24.3 Å². The molecule has 5 heteroatoms. The molecule has 0 saturated heterocycles. The van der Waals surface area contributed by atoms with Crippen LogP contribution in [-0.4, -0.2) is 26.2 Å². The minimum Gasteiger partial charge on any atom is -0.480 e. The summed E-state index contributed by atoms with van der Waals surface area (Å²) in [4.78, 5) is 16.3. The normalized spacial score (nSPS) is 18.0.